The van der Waals surface area contributed by atoms with Gasteiger partial charge in [0.25, 0.3) is 0 Å². The Morgan fingerprint density at radius 2 is 2.05 bits per heavy atom. The van der Waals surface area contributed by atoms with Crippen LogP contribution in [0, 0.1) is 0 Å². The summed E-state index contributed by atoms with van der Waals surface area (Å²) in [4.78, 5) is 27.1. The maximum Gasteiger partial charge on any atom is 0.320 e. The first-order valence-electron chi connectivity index (χ1n) is 7.30. The van der Waals surface area contributed by atoms with Crippen molar-refractivity contribution in [2.75, 3.05) is 13.1 Å². The van der Waals surface area contributed by atoms with E-state index in [4.69, 9.17) is 5.11 Å². The van der Waals surface area contributed by atoms with Gasteiger partial charge in [-0.2, -0.15) is 0 Å². The molecule has 1 N–H and O–H groups in total. The van der Waals surface area contributed by atoms with Crippen molar-refractivity contribution in [2.24, 2.45) is 0 Å². The van der Waals surface area contributed by atoms with E-state index in [0.717, 1.165) is 25.7 Å². The van der Waals surface area contributed by atoms with E-state index in [1.54, 1.807) is 4.90 Å². The first-order chi connectivity index (χ1) is 9.01. The maximum atomic E-state index is 12.6. The molecule has 2 atom stereocenters. The number of nitrogens with zero attached hydrogens (tertiary/aromatic N) is 2. The Balaban J connectivity index is 2.77. The first-order valence-corrected chi connectivity index (χ1v) is 7.30. The highest BCUT2D eigenvalue weighted by Crippen LogP contribution is 2.22. The van der Waals surface area contributed by atoms with Crippen LogP contribution in [0.4, 0.5) is 4.79 Å². The van der Waals surface area contributed by atoms with E-state index in [2.05, 4.69) is 6.92 Å². The second kappa shape index (κ2) is 7.36. The van der Waals surface area contributed by atoms with Crippen molar-refractivity contribution in [1.82, 2.24) is 9.80 Å². The van der Waals surface area contributed by atoms with E-state index in [9.17, 15) is 9.59 Å². The highest BCUT2D eigenvalue weighted by molar-refractivity contribution is 5.76. The summed E-state index contributed by atoms with van der Waals surface area (Å²) in [7, 11) is 0. The molecule has 1 rings (SSSR count). The monoisotopic (exact) mass is 270 g/mol. The molecule has 2 amide bonds. The summed E-state index contributed by atoms with van der Waals surface area (Å²) in [5.41, 5.74) is 0. The minimum atomic E-state index is -0.823. The number of hydrogen-bond donors (Lipinski definition) is 1. The number of carboxylic acid groups (broad SMARTS) is 1. The van der Waals surface area contributed by atoms with E-state index < -0.39 is 5.97 Å². The fourth-order valence-corrected chi connectivity index (χ4v) is 2.69. The highest BCUT2D eigenvalue weighted by atomic mass is 16.4. The Morgan fingerprint density at radius 3 is 2.58 bits per heavy atom. The average Bonchev–Trinajstić information content (AvgIpc) is 2.39. The third-order valence-electron chi connectivity index (χ3n) is 3.99. The second-order valence-electron chi connectivity index (χ2n) is 5.27. The lowest BCUT2D eigenvalue weighted by Crippen LogP contribution is -2.53. The largest absolute Gasteiger partial charge is 0.481 e. The molecular weight excluding hydrogens is 244 g/mol. The molecule has 0 aromatic rings. The molecule has 0 aromatic heterocycles. The number of urea groups is 1. The second-order valence-corrected chi connectivity index (χ2v) is 5.27. The zero-order chi connectivity index (χ0) is 14.4. The molecule has 1 aliphatic rings. The third kappa shape index (κ3) is 4.11. The van der Waals surface area contributed by atoms with Gasteiger partial charge in [0.15, 0.2) is 0 Å². The SMILES string of the molecule is CCC(C)N(CC)C(=O)N1CCCCC1CC(=O)O. The normalized spacial score (nSPS) is 21.0. The molecule has 5 nitrogen and oxygen atoms in total. The van der Waals surface area contributed by atoms with Gasteiger partial charge in [-0.3, -0.25) is 4.79 Å². The molecule has 19 heavy (non-hydrogen) atoms. The smallest absolute Gasteiger partial charge is 0.320 e. The van der Waals surface area contributed by atoms with Crippen molar-refractivity contribution in [3.05, 3.63) is 0 Å². The van der Waals surface area contributed by atoms with E-state index in [1.165, 1.54) is 0 Å². The number of carbonyl (C=O) groups excluding carboxylic acids is 1. The van der Waals surface area contributed by atoms with Gasteiger partial charge in [-0.25, -0.2) is 4.79 Å². The Morgan fingerprint density at radius 1 is 1.37 bits per heavy atom. The Labute approximate surface area is 115 Å². The zero-order valence-corrected chi connectivity index (χ0v) is 12.3. The lowest BCUT2D eigenvalue weighted by atomic mass is 9.99. The zero-order valence-electron chi connectivity index (χ0n) is 12.3. The molecule has 0 bridgehead atoms. The Bertz CT molecular complexity index is 320. The predicted octanol–water partition coefficient (Wildman–Crippen LogP) is 2.56. The molecule has 1 saturated heterocycles. The molecule has 0 saturated carbocycles. The summed E-state index contributed by atoms with van der Waals surface area (Å²) in [5, 5.41) is 8.96. The van der Waals surface area contributed by atoms with Crippen LogP contribution in [0.2, 0.25) is 0 Å². The van der Waals surface area contributed by atoms with Gasteiger partial charge in [-0.15, -0.1) is 0 Å². The van der Waals surface area contributed by atoms with Crippen molar-refractivity contribution < 1.29 is 14.7 Å². The van der Waals surface area contributed by atoms with Gasteiger partial charge in [-0.05, 0) is 39.5 Å². The fourth-order valence-electron chi connectivity index (χ4n) is 2.69. The quantitative estimate of drug-likeness (QED) is 0.835. The standard InChI is InChI=1S/C14H26N2O3/c1-4-11(3)15(5-2)14(19)16-9-7-6-8-12(16)10-13(17)18/h11-12H,4-10H2,1-3H3,(H,17,18). The Kier molecular flexibility index (Phi) is 6.12. The van der Waals surface area contributed by atoms with Gasteiger partial charge < -0.3 is 14.9 Å². The summed E-state index contributed by atoms with van der Waals surface area (Å²) >= 11 is 0. The van der Waals surface area contributed by atoms with Crippen molar-refractivity contribution in [2.45, 2.75) is 65.0 Å². The summed E-state index contributed by atoms with van der Waals surface area (Å²) in [6, 6.07) is 0.0598. The molecule has 1 aliphatic heterocycles. The van der Waals surface area contributed by atoms with E-state index in [1.807, 2.05) is 18.7 Å². The number of carbonyl (C=O) groups is 2. The molecule has 0 spiro atoms. The molecular formula is C14H26N2O3. The van der Waals surface area contributed by atoms with Crippen LogP contribution in [-0.4, -0.2) is 52.1 Å². The molecule has 2 unspecified atom stereocenters. The van der Waals surface area contributed by atoms with Crippen molar-refractivity contribution >= 4 is 12.0 Å². The van der Waals surface area contributed by atoms with Gasteiger partial charge >= 0.3 is 12.0 Å². The van der Waals surface area contributed by atoms with E-state index in [-0.39, 0.29) is 24.5 Å². The minimum absolute atomic E-state index is 0.00259. The summed E-state index contributed by atoms with van der Waals surface area (Å²) in [6.07, 6.45) is 3.76. The van der Waals surface area contributed by atoms with Crippen LogP contribution in [0.25, 0.3) is 0 Å². The highest BCUT2D eigenvalue weighted by Gasteiger charge is 2.32. The van der Waals surface area contributed by atoms with E-state index >= 15 is 0 Å². The molecule has 1 fully saturated rings. The fraction of sp³-hybridized carbons (Fsp3) is 0.857. The third-order valence-corrected chi connectivity index (χ3v) is 3.99. The van der Waals surface area contributed by atoms with Crippen molar-refractivity contribution in [3.8, 4) is 0 Å². The molecule has 5 heteroatoms. The number of rotatable bonds is 5. The van der Waals surface area contributed by atoms with Crippen LogP contribution in [0.1, 0.15) is 52.9 Å². The van der Waals surface area contributed by atoms with E-state index in [0.29, 0.717) is 13.1 Å². The van der Waals surface area contributed by atoms with Crippen LogP contribution in [-0.2, 0) is 4.79 Å². The topological polar surface area (TPSA) is 60.9 Å². The maximum absolute atomic E-state index is 12.6. The molecule has 110 valence electrons. The average molecular weight is 270 g/mol. The van der Waals surface area contributed by atoms with Gasteiger partial charge in [0, 0.05) is 25.2 Å². The van der Waals surface area contributed by atoms with Crippen LogP contribution < -0.4 is 0 Å². The summed E-state index contributed by atoms with van der Waals surface area (Å²) in [5.74, 6) is -0.823. The molecule has 0 aliphatic carbocycles. The number of likely N-dealkylation sites (tertiary alicyclic amines) is 1. The van der Waals surface area contributed by atoms with Crippen LogP contribution in [0.5, 0.6) is 0 Å². The Hall–Kier alpha value is -1.26. The lowest BCUT2D eigenvalue weighted by molar-refractivity contribution is -0.138. The lowest BCUT2D eigenvalue weighted by Gasteiger charge is -2.40. The molecule has 0 radical (unpaired) electrons. The number of aliphatic carboxylic acids is 1. The first kappa shape index (κ1) is 15.8. The van der Waals surface area contributed by atoms with Crippen LogP contribution in [0.3, 0.4) is 0 Å². The van der Waals surface area contributed by atoms with Crippen molar-refractivity contribution in [1.29, 1.82) is 0 Å². The summed E-state index contributed by atoms with van der Waals surface area (Å²) in [6.45, 7) is 7.43. The minimum Gasteiger partial charge on any atom is -0.481 e. The van der Waals surface area contributed by atoms with Gasteiger partial charge in [0.1, 0.15) is 0 Å². The number of carboxylic acids is 1. The van der Waals surface area contributed by atoms with Gasteiger partial charge in [-0.1, -0.05) is 6.92 Å². The molecule has 1 heterocycles. The molecule has 0 aromatic carbocycles. The van der Waals surface area contributed by atoms with Gasteiger partial charge in [0.2, 0.25) is 0 Å². The van der Waals surface area contributed by atoms with Gasteiger partial charge in [0.05, 0.1) is 6.42 Å². The predicted molar refractivity (Wildman–Crippen MR) is 74.1 cm³/mol. The number of hydrogen-bond acceptors (Lipinski definition) is 2. The van der Waals surface area contributed by atoms with Crippen LogP contribution in [0.15, 0.2) is 0 Å². The van der Waals surface area contributed by atoms with Crippen molar-refractivity contribution in [3.63, 3.8) is 0 Å². The van der Waals surface area contributed by atoms with Crippen LogP contribution >= 0.6 is 0 Å². The number of amides is 2. The number of piperidine rings is 1. The summed E-state index contributed by atoms with van der Waals surface area (Å²) < 4.78 is 0.